The molecule has 0 aliphatic rings. The van der Waals surface area contributed by atoms with Crippen molar-refractivity contribution in [3.8, 4) is 5.75 Å². The van der Waals surface area contributed by atoms with Crippen LogP contribution in [0.4, 0.5) is 5.69 Å². The Kier molecular flexibility index (Phi) is 4.12. The molecule has 1 aromatic rings. The number of phenols is 1. The van der Waals surface area contributed by atoms with E-state index in [0.717, 1.165) is 11.3 Å². The number of anilines is 1. The summed E-state index contributed by atoms with van der Waals surface area (Å²) in [6, 6.07) is 4.87. The highest BCUT2D eigenvalue weighted by Crippen LogP contribution is 2.19. The van der Waals surface area contributed by atoms with E-state index in [1.54, 1.807) is 18.2 Å². The molecule has 3 N–H and O–H groups in total. The molecule has 0 bridgehead atoms. The third kappa shape index (κ3) is 4.87. The highest BCUT2D eigenvalue weighted by Gasteiger charge is 2.11. The number of carbonyl (C=O) groups is 1. The fourth-order valence-corrected chi connectivity index (χ4v) is 1.33. The fourth-order valence-electron chi connectivity index (χ4n) is 1.33. The number of rotatable bonds is 3. The summed E-state index contributed by atoms with van der Waals surface area (Å²) in [5.74, 6) is 0.113. The molecular weight excluding hydrogens is 216 g/mol. The first-order valence-corrected chi connectivity index (χ1v) is 5.62. The van der Waals surface area contributed by atoms with Gasteiger partial charge in [0.05, 0.1) is 6.54 Å². The SMILES string of the molecule is Cc1cc(O)ccc1NC(=O)CNC(C)(C)C. The first kappa shape index (κ1) is 13.5. The molecule has 0 aliphatic heterocycles. The molecule has 1 amide bonds. The van der Waals surface area contributed by atoms with Gasteiger partial charge in [0.15, 0.2) is 0 Å². The molecule has 0 radical (unpaired) electrons. The third-order valence-corrected chi connectivity index (χ3v) is 2.26. The summed E-state index contributed by atoms with van der Waals surface area (Å²) in [6.07, 6.45) is 0. The van der Waals surface area contributed by atoms with Gasteiger partial charge in [-0.1, -0.05) is 0 Å². The molecule has 94 valence electrons. The van der Waals surface area contributed by atoms with Crippen LogP contribution in [0.2, 0.25) is 0 Å². The predicted molar refractivity (Wildman–Crippen MR) is 69.2 cm³/mol. The number of hydrogen-bond donors (Lipinski definition) is 3. The minimum Gasteiger partial charge on any atom is -0.508 e. The van der Waals surface area contributed by atoms with E-state index in [1.807, 2.05) is 27.7 Å². The van der Waals surface area contributed by atoms with Crippen molar-refractivity contribution in [3.63, 3.8) is 0 Å². The Morgan fingerprint density at radius 2 is 2.00 bits per heavy atom. The van der Waals surface area contributed by atoms with Gasteiger partial charge in [-0.25, -0.2) is 0 Å². The Balaban J connectivity index is 2.57. The summed E-state index contributed by atoms with van der Waals surface area (Å²) in [4.78, 5) is 11.7. The molecule has 17 heavy (non-hydrogen) atoms. The molecule has 1 aromatic carbocycles. The van der Waals surface area contributed by atoms with Crippen molar-refractivity contribution < 1.29 is 9.90 Å². The van der Waals surface area contributed by atoms with Crippen molar-refractivity contribution in [1.29, 1.82) is 0 Å². The van der Waals surface area contributed by atoms with Crippen LogP contribution in [0.25, 0.3) is 0 Å². The van der Waals surface area contributed by atoms with Crippen LogP contribution in [0.1, 0.15) is 26.3 Å². The minimum absolute atomic E-state index is 0.0820. The number of nitrogens with one attached hydrogen (secondary N) is 2. The van der Waals surface area contributed by atoms with E-state index in [1.165, 1.54) is 0 Å². The van der Waals surface area contributed by atoms with Crippen molar-refractivity contribution in [3.05, 3.63) is 23.8 Å². The topological polar surface area (TPSA) is 61.4 Å². The van der Waals surface area contributed by atoms with E-state index >= 15 is 0 Å². The van der Waals surface area contributed by atoms with Gasteiger partial charge in [-0.3, -0.25) is 4.79 Å². The monoisotopic (exact) mass is 236 g/mol. The van der Waals surface area contributed by atoms with Gasteiger partial charge < -0.3 is 15.7 Å². The Morgan fingerprint density at radius 3 is 2.53 bits per heavy atom. The first-order valence-electron chi connectivity index (χ1n) is 5.62. The molecule has 0 atom stereocenters. The van der Waals surface area contributed by atoms with E-state index in [0.29, 0.717) is 0 Å². The smallest absolute Gasteiger partial charge is 0.238 e. The van der Waals surface area contributed by atoms with E-state index in [9.17, 15) is 9.90 Å². The molecule has 0 aromatic heterocycles. The van der Waals surface area contributed by atoms with Crippen LogP contribution in [-0.2, 0) is 4.79 Å². The van der Waals surface area contributed by atoms with Gasteiger partial charge >= 0.3 is 0 Å². The van der Waals surface area contributed by atoms with Crippen molar-refractivity contribution in [2.45, 2.75) is 33.2 Å². The van der Waals surface area contributed by atoms with Gasteiger partial charge in [0.2, 0.25) is 5.91 Å². The Labute approximate surface area is 102 Å². The Bertz CT molecular complexity index is 408. The van der Waals surface area contributed by atoms with Gasteiger partial charge in [0.1, 0.15) is 5.75 Å². The molecule has 0 spiro atoms. The lowest BCUT2D eigenvalue weighted by Crippen LogP contribution is -2.41. The zero-order valence-corrected chi connectivity index (χ0v) is 10.8. The average molecular weight is 236 g/mol. The number of aryl methyl sites for hydroxylation is 1. The number of carbonyl (C=O) groups excluding carboxylic acids is 1. The van der Waals surface area contributed by atoms with Crippen LogP contribution in [0.5, 0.6) is 5.75 Å². The normalized spacial score (nSPS) is 11.3. The second-order valence-corrected chi connectivity index (χ2v) is 5.15. The maximum Gasteiger partial charge on any atom is 0.238 e. The fraction of sp³-hybridized carbons (Fsp3) is 0.462. The van der Waals surface area contributed by atoms with Crippen LogP contribution in [-0.4, -0.2) is 23.1 Å². The maximum absolute atomic E-state index is 11.7. The average Bonchev–Trinajstić information content (AvgIpc) is 2.18. The number of amides is 1. The van der Waals surface area contributed by atoms with Gasteiger partial charge in [0.25, 0.3) is 0 Å². The molecule has 4 nitrogen and oxygen atoms in total. The second kappa shape index (κ2) is 5.19. The lowest BCUT2D eigenvalue weighted by atomic mass is 10.1. The van der Waals surface area contributed by atoms with Crippen LogP contribution < -0.4 is 10.6 Å². The summed E-state index contributed by atoms with van der Waals surface area (Å²) in [7, 11) is 0. The number of aromatic hydroxyl groups is 1. The van der Waals surface area contributed by atoms with E-state index in [-0.39, 0.29) is 23.7 Å². The lowest BCUT2D eigenvalue weighted by Gasteiger charge is -2.20. The lowest BCUT2D eigenvalue weighted by molar-refractivity contribution is -0.115. The Hall–Kier alpha value is -1.55. The van der Waals surface area contributed by atoms with E-state index in [2.05, 4.69) is 10.6 Å². The molecule has 0 fully saturated rings. The standard InChI is InChI=1S/C13H20N2O2/c1-9-7-10(16)5-6-11(9)15-12(17)8-14-13(2,3)4/h5-7,14,16H,8H2,1-4H3,(H,15,17). The largest absolute Gasteiger partial charge is 0.508 e. The highest BCUT2D eigenvalue weighted by atomic mass is 16.3. The van der Waals surface area contributed by atoms with Gasteiger partial charge in [-0.2, -0.15) is 0 Å². The molecule has 4 heteroatoms. The van der Waals surface area contributed by atoms with Crippen molar-refractivity contribution in [1.82, 2.24) is 5.32 Å². The van der Waals surface area contributed by atoms with Crippen LogP contribution >= 0.6 is 0 Å². The van der Waals surface area contributed by atoms with Crippen LogP contribution in [0.15, 0.2) is 18.2 Å². The van der Waals surface area contributed by atoms with Crippen LogP contribution in [0, 0.1) is 6.92 Å². The van der Waals surface area contributed by atoms with Gasteiger partial charge in [0, 0.05) is 11.2 Å². The van der Waals surface area contributed by atoms with Crippen molar-refractivity contribution in [2.75, 3.05) is 11.9 Å². The van der Waals surface area contributed by atoms with Gasteiger partial charge in [-0.15, -0.1) is 0 Å². The zero-order valence-electron chi connectivity index (χ0n) is 10.8. The van der Waals surface area contributed by atoms with Gasteiger partial charge in [-0.05, 0) is 51.5 Å². The molecule has 0 saturated carbocycles. The molecule has 0 heterocycles. The number of hydrogen-bond acceptors (Lipinski definition) is 3. The summed E-state index contributed by atoms with van der Waals surface area (Å²) < 4.78 is 0. The predicted octanol–water partition coefficient (Wildman–Crippen LogP) is 2.03. The summed E-state index contributed by atoms with van der Waals surface area (Å²) in [5.41, 5.74) is 1.49. The molecule has 1 rings (SSSR count). The Morgan fingerprint density at radius 1 is 1.35 bits per heavy atom. The second-order valence-electron chi connectivity index (χ2n) is 5.15. The zero-order chi connectivity index (χ0) is 13.1. The summed E-state index contributed by atoms with van der Waals surface area (Å²) in [5, 5.41) is 15.2. The van der Waals surface area contributed by atoms with Crippen molar-refractivity contribution >= 4 is 11.6 Å². The quantitative estimate of drug-likeness (QED) is 0.704. The molecule has 0 unspecified atom stereocenters. The van der Waals surface area contributed by atoms with Crippen LogP contribution in [0.3, 0.4) is 0 Å². The maximum atomic E-state index is 11.7. The first-order chi connectivity index (χ1) is 7.78. The molecule has 0 saturated heterocycles. The van der Waals surface area contributed by atoms with E-state index < -0.39 is 0 Å². The summed E-state index contributed by atoms with van der Waals surface area (Å²) in [6.45, 7) is 8.13. The minimum atomic E-state index is -0.0892. The third-order valence-electron chi connectivity index (χ3n) is 2.26. The van der Waals surface area contributed by atoms with E-state index in [4.69, 9.17) is 0 Å². The summed E-state index contributed by atoms with van der Waals surface area (Å²) >= 11 is 0. The number of phenolic OH excluding ortho intramolecular Hbond substituents is 1. The molecule has 0 aliphatic carbocycles. The highest BCUT2D eigenvalue weighted by molar-refractivity contribution is 5.93. The van der Waals surface area contributed by atoms with Crippen molar-refractivity contribution in [2.24, 2.45) is 0 Å². The molecular formula is C13H20N2O2. The number of benzene rings is 1.